The van der Waals surface area contributed by atoms with Gasteiger partial charge in [0.2, 0.25) is 5.89 Å². The fraction of sp³-hybridized carbons (Fsp3) is 0.571. The van der Waals surface area contributed by atoms with Gasteiger partial charge in [0, 0.05) is 0 Å². The molecule has 1 aromatic heterocycles. The van der Waals surface area contributed by atoms with E-state index in [1.165, 1.54) is 0 Å². The summed E-state index contributed by atoms with van der Waals surface area (Å²) >= 11 is 5.43. The number of hydrogen-bond acceptors (Lipinski definition) is 5. The highest BCUT2D eigenvalue weighted by molar-refractivity contribution is 6.16. The second-order valence-corrected chi connectivity index (χ2v) is 2.49. The summed E-state index contributed by atoms with van der Waals surface area (Å²) in [7, 11) is 0. The van der Waals surface area contributed by atoms with E-state index in [1.54, 1.807) is 6.92 Å². The molecule has 0 N–H and O–H groups in total. The number of hydrogen-bond donors (Lipinski definition) is 0. The number of esters is 1. The first-order valence-electron chi connectivity index (χ1n) is 3.79. The highest BCUT2D eigenvalue weighted by atomic mass is 35.5. The molecule has 1 aromatic rings. The zero-order valence-electron chi connectivity index (χ0n) is 7.12. The third-order valence-corrected chi connectivity index (χ3v) is 1.46. The summed E-state index contributed by atoms with van der Waals surface area (Å²) in [5.41, 5.74) is 0. The molecule has 0 radical (unpaired) electrons. The van der Waals surface area contributed by atoms with Gasteiger partial charge in [0.25, 0.3) is 0 Å². The molecule has 0 spiro atoms. The summed E-state index contributed by atoms with van der Waals surface area (Å²) in [5, 5.41) is 3.54. The van der Waals surface area contributed by atoms with Gasteiger partial charge in [-0.1, -0.05) is 5.16 Å². The number of carbonyl (C=O) groups excluding carboxylic acids is 1. The molecule has 0 aliphatic rings. The van der Waals surface area contributed by atoms with Crippen molar-refractivity contribution in [3.05, 3.63) is 11.7 Å². The van der Waals surface area contributed by atoms with Crippen LogP contribution in [0.2, 0.25) is 0 Å². The van der Waals surface area contributed by atoms with Crippen molar-refractivity contribution in [2.24, 2.45) is 0 Å². The van der Waals surface area contributed by atoms with Crippen LogP contribution in [0, 0.1) is 0 Å². The van der Waals surface area contributed by atoms with Gasteiger partial charge in [-0.15, -0.1) is 11.6 Å². The molecule has 72 valence electrons. The average Bonchev–Trinajstić information content (AvgIpc) is 2.52. The number of halogens is 1. The molecular formula is C7H9ClN2O3. The fourth-order valence-corrected chi connectivity index (χ4v) is 0.866. The SMILES string of the molecule is CCOC(=O)Cc1noc(CCl)n1. The molecule has 0 aliphatic carbocycles. The average molecular weight is 205 g/mol. The van der Waals surface area contributed by atoms with E-state index in [9.17, 15) is 4.79 Å². The van der Waals surface area contributed by atoms with Gasteiger partial charge in [-0.2, -0.15) is 4.98 Å². The van der Waals surface area contributed by atoms with Crippen LogP contribution in [0.15, 0.2) is 4.52 Å². The lowest BCUT2D eigenvalue weighted by Gasteiger charge is -1.96. The highest BCUT2D eigenvalue weighted by Crippen LogP contribution is 2.01. The highest BCUT2D eigenvalue weighted by Gasteiger charge is 2.10. The van der Waals surface area contributed by atoms with Crippen LogP contribution in [0.1, 0.15) is 18.6 Å². The van der Waals surface area contributed by atoms with Crippen LogP contribution in [-0.4, -0.2) is 22.7 Å². The predicted octanol–water partition coefficient (Wildman–Crippen LogP) is 0.914. The smallest absolute Gasteiger partial charge is 0.313 e. The minimum absolute atomic E-state index is 0.0221. The van der Waals surface area contributed by atoms with Gasteiger partial charge < -0.3 is 9.26 Å². The summed E-state index contributed by atoms with van der Waals surface area (Å²) < 4.78 is 9.39. The second kappa shape index (κ2) is 4.81. The van der Waals surface area contributed by atoms with Crippen molar-refractivity contribution in [1.82, 2.24) is 10.1 Å². The van der Waals surface area contributed by atoms with Crippen LogP contribution in [0.3, 0.4) is 0 Å². The molecular weight excluding hydrogens is 196 g/mol. The van der Waals surface area contributed by atoms with Crippen LogP contribution in [0.25, 0.3) is 0 Å². The lowest BCUT2D eigenvalue weighted by molar-refractivity contribution is -0.142. The van der Waals surface area contributed by atoms with Crippen molar-refractivity contribution in [1.29, 1.82) is 0 Å². The molecule has 0 bridgehead atoms. The van der Waals surface area contributed by atoms with Gasteiger partial charge >= 0.3 is 5.97 Å². The number of ether oxygens (including phenoxy) is 1. The van der Waals surface area contributed by atoms with E-state index in [-0.39, 0.29) is 18.3 Å². The van der Waals surface area contributed by atoms with E-state index in [0.29, 0.717) is 18.3 Å². The Morgan fingerprint density at radius 3 is 3.00 bits per heavy atom. The van der Waals surface area contributed by atoms with Gasteiger partial charge in [0.05, 0.1) is 6.61 Å². The normalized spacial score (nSPS) is 10.0. The molecule has 0 unspecified atom stereocenters. The molecule has 13 heavy (non-hydrogen) atoms. The molecule has 1 heterocycles. The van der Waals surface area contributed by atoms with Crippen molar-refractivity contribution in [2.45, 2.75) is 19.2 Å². The maximum atomic E-state index is 10.9. The van der Waals surface area contributed by atoms with Crippen LogP contribution >= 0.6 is 11.6 Å². The third-order valence-electron chi connectivity index (χ3n) is 1.23. The van der Waals surface area contributed by atoms with E-state index < -0.39 is 0 Å². The van der Waals surface area contributed by atoms with Crippen LogP contribution in [0.5, 0.6) is 0 Å². The van der Waals surface area contributed by atoms with Gasteiger partial charge in [0.15, 0.2) is 5.82 Å². The summed E-state index contributed by atoms with van der Waals surface area (Å²) in [6.45, 7) is 2.08. The second-order valence-electron chi connectivity index (χ2n) is 2.22. The Kier molecular flexibility index (Phi) is 3.70. The van der Waals surface area contributed by atoms with Gasteiger partial charge in [-0.05, 0) is 6.92 Å². The van der Waals surface area contributed by atoms with E-state index in [4.69, 9.17) is 20.9 Å². The first kappa shape index (κ1) is 9.98. The fourth-order valence-electron chi connectivity index (χ4n) is 0.757. The maximum Gasteiger partial charge on any atom is 0.313 e. The minimum Gasteiger partial charge on any atom is -0.466 e. The number of aromatic nitrogens is 2. The van der Waals surface area contributed by atoms with Gasteiger partial charge in [0.1, 0.15) is 12.3 Å². The zero-order chi connectivity index (χ0) is 9.68. The number of alkyl halides is 1. The Morgan fingerprint density at radius 2 is 2.46 bits per heavy atom. The Balaban J connectivity index is 2.49. The largest absolute Gasteiger partial charge is 0.466 e. The molecule has 6 heteroatoms. The summed E-state index contributed by atoms with van der Waals surface area (Å²) in [4.78, 5) is 14.8. The minimum atomic E-state index is -0.371. The van der Waals surface area contributed by atoms with Crippen molar-refractivity contribution in [2.75, 3.05) is 6.61 Å². The first-order chi connectivity index (χ1) is 6.26. The zero-order valence-corrected chi connectivity index (χ0v) is 7.87. The summed E-state index contributed by atoms with van der Waals surface area (Å²) in [6.07, 6.45) is 0.0221. The van der Waals surface area contributed by atoms with Gasteiger partial charge in [-0.25, -0.2) is 0 Å². The molecule has 0 saturated carbocycles. The monoisotopic (exact) mass is 204 g/mol. The topological polar surface area (TPSA) is 65.2 Å². The Morgan fingerprint density at radius 1 is 1.69 bits per heavy atom. The van der Waals surface area contributed by atoms with Crippen molar-refractivity contribution < 1.29 is 14.1 Å². The Labute approximate surface area is 80.0 Å². The Hall–Kier alpha value is -1.10. The predicted molar refractivity (Wildman–Crippen MR) is 44.2 cm³/mol. The molecule has 0 amide bonds. The molecule has 0 fully saturated rings. The van der Waals surface area contributed by atoms with Crippen molar-refractivity contribution in [3.63, 3.8) is 0 Å². The third kappa shape index (κ3) is 3.02. The van der Waals surface area contributed by atoms with Crippen LogP contribution in [0.4, 0.5) is 0 Å². The van der Waals surface area contributed by atoms with Crippen LogP contribution < -0.4 is 0 Å². The number of nitrogens with zero attached hydrogens (tertiary/aromatic N) is 2. The molecule has 0 aliphatic heterocycles. The van der Waals surface area contributed by atoms with E-state index in [2.05, 4.69) is 10.1 Å². The number of carbonyl (C=O) groups is 1. The quantitative estimate of drug-likeness (QED) is 0.539. The molecule has 5 nitrogen and oxygen atoms in total. The lowest BCUT2D eigenvalue weighted by Crippen LogP contribution is -2.08. The Bertz CT molecular complexity index is 287. The van der Waals surface area contributed by atoms with Gasteiger partial charge in [-0.3, -0.25) is 4.79 Å². The number of rotatable bonds is 4. The van der Waals surface area contributed by atoms with Crippen LogP contribution in [-0.2, 0) is 21.8 Å². The standard InChI is InChI=1S/C7H9ClN2O3/c1-2-12-7(11)3-5-9-6(4-8)13-10-5/h2-4H2,1H3. The summed E-state index contributed by atoms with van der Waals surface area (Å²) in [6, 6.07) is 0. The molecule has 0 saturated heterocycles. The summed E-state index contributed by atoms with van der Waals surface area (Å²) in [5.74, 6) is 0.384. The maximum absolute atomic E-state index is 10.9. The van der Waals surface area contributed by atoms with E-state index >= 15 is 0 Å². The molecule has 0 atom stereocenters. The lowest BCUT2D eigenvalue weighted by atomic mass is 10.4. The van der Waals surface area contributed by atoms with Crippen molar-refractivity contribution in [3.8, 4) is 0 Å². The van der Waals surface area contributed by atoms with E-state index in [0.717, 1.165) is 0 Å². The van der Waals surface area contributed by atoms with Crippen molar-refractivity contribution >= 4 is 17.6 Å². The van der Waals surface area contributed by atoms with E-state index in [1.807, 2.05) is 0 Å². The first-order valence-corrected chi connectivity index (χ1v) is 4.32. The molecule has 0 aromatic carbocycles. The molecule has 1 rings (SSSR count).